The number of ether oxygens (including phenoxy) is 3. The second-order valence-electron chi connectivity index (χ2n) is 3.06. The zero-order chi connectivity index (χ0) is 14.9. The molecule has 0 aliphatic rings. The largest absolute Gasteiger partial charge is 0.497 e. The predicted molar refractivity (Wildman–Crippen MR) is 64.9 cm³/mol. The summed E-state index contributed by atoms with van der Waals surface area (Å²) < 4.78 is 29.8. The molecule has 0 aromatic carbocycles. The normalized spacial score (nSPS) is 14.2. The van der Waals surface area contributed by atoms with Gasteiger partial charge in [-0.3, -0.25) is 0 Å². The summed E-state index contributed by atoms with van der Waals surface area (Å²) in [5.74, 6) is 2.25. The molecule has 0 saturated heterocycles. The zero-order valence-corrected chi connectivity index (χ0v) is 10.3. The summed E-state index contributed by atoms with van der Waals surface area (Å²) in [5.41, 5.74) is 0. The van der Waals surface area contributed by atoms with Crippen molar-refractivity contribution < 1.29 is 21.7 Å². The van der Waals surface area contributed by atoms with Crippen LogP contribution in [0.15, 0.2) is 23.7 Å². The van der Waals surface area contributed by atoms with Gasteiger partial charge in [0.25, 0.3) is 0 Å². The van der Waals surface area contributed by atoms with E-state index >= 15 is 0 Å². The van der Waals surface area contributed by atoms with Crippen LogP contribution < -0.4 is 0 Å². The van der Waals surface area contributed by atoms with Gasteiger partial charge in [0.05, 0.1) is 28.3 Å². The Balaban J connectivity index is 4.53. The van der Waals surface area contributed by atoms with E-state index in [1.54, 1.807) is 6.92 Å². The van der Waals surface area contributed by atoms with Gasteiger partial charge >= 0.3 is 5.97 Å². The van der Waals surface area contributed by atoms with Crippen molar-refractivity contribution in [1.82, 2.24) is 0 Å². The van der Waals surface area contributed by atoms with Crippen LogP contribution in [0.5, 0.6) is 0 Å². The molecule has 0 atom stereocenters. The average molecular weight is 240 g/mol. The Bertz CT molecular complexity index is 405. The van der Waals surface area contributed by atoms with Crippen molar-refractivity contribution in [3.63, 3.8) is 0 Å². The maximum Gasteiger partial charge on any atom is 0.333 e. The SMILES string of the molecule is [2H]C([2H])(/C=C(\C)OCCC#C)O/C(C)=C/C(=O)OC. The van der Waals surface area contributed by atoms with Crippen LogP contribution in [0, 0.1) is 12.3 Å². The summed E-state index contributed by atoms with van der Waals surface area (Å²) >= 11 is 0. The molecule has 0 N–H and O–H groups in total. The van der Waals surface area contributed by atoms with Gasteiger partial charge in [0.1, 0.15) is 12.3 Å². The average Bonchev–Trinajstić information content (AvgIpc) is 2.27. The first-order valence-corrected chi connectivity index (χ1v) is 5.01. The Morgan fingerprint density at radius 3 is 2.71 bits per heavy atom. The number of allylic oxidation sites excluding steroid dienone is 2. The summed E-state index contributed by atoms with van der Waals surface area (Å²) in [7, 11) is 1.23. The minimum Gasteiger partial charge on any atom is -0.497 e. The van der Waals surface area contributed by atoms with E-state index in [1.807, 2.05) is 0 Å². The highest BCUT2D eigenvalue weighted by Gasteiger charge is 1.96. The Kier molecular flexibility index (Phi) is 6.37. The molecule has 17 heavy (non-hydrogen) atoms. The van der Waals surface area contributed by atoms with Gasteiger partial charge in [0.15, 0.2) is 0 Å². The molecule has 4 nitrogen and oxygen atoms in total. The molecule has 0 unspecified atom stereocenters. The third-order valence-corrected chi connectivity index (χ3v) is 1.58. The molecule has 0 aliphatic carbocycles. The van der Waals surface area contributed by atoms with E-state index in [-0.39, 0.29) is 5.76 Å². The molecule has 0 rings (SSSR count). The molecule has 4 heteroatoms. The Morgan fingerprint density at radius 1 is 1.41 bits per heavy atom. The van der Waals surface area contributed by atoms with Gasteiger partial charge in [0, 0.05) is 6.42 Å². The van der Waals surface area contributed by atoms with E-state index in [2.05, 4.69) is 10.7 Å². The molecular formula is C13H18O4. The van der Waals surface area contributed by atoms with E-state index in [0.29, 0.717) is 18.8 Å². The number of carbonyl (C=O) groups excluding carboxylic acids is 1. The second kappa shape index (κ2) is 9.34. The number of terminal acetylenes is 1. The van der Waals surface area contributed by atoms with Gasteiger partial charge in [-0.05, 0) is 19.9 Å². The Hall–Kier alpha value is -1.89. The molecule has 0 saturated carbocycles. The van der Waals surface area contributed by atoms with Gasteiger partial charge in [-0.1, -0.05) is 0 Å². The first-order valence-electron chi connectivity index (χ1n) is 6.01. The topological polar surface area (TPSA) is 44.8 Å². The van der Waals surface area contributed by atoms with Crippen molar-refractivity contribution >= 4 is 5.97 Å². The van der Waals surface area contributed by atoms with Crippen LogP contribution in [0.2, 0.25) is 0 Å². The fraction of sp³-hybridized carbons (Fsp3) is 0.462. The van der Waals surface area contributed by atoms with Gasteiger partial charge in [0.2, 0.25) is 0 Å². The quantitative estimate of drug-likeness (QED) is 0.224. The fourth-order valence-corrected chi connectivity index (χ4v) is 0.772. The highest BCUT2D eigenvalue weighted by atomic mass is 16.5. The smallest absolute Gasteiger partial charge is 0.333 e. The maximum absolute atomic E-state index is 10.9. The van der Waals surface area contributed by atoms with E-state index in [9.17, 15) is 4.79 Å². The van der Waals surface area contributed by atoms with E-state index < -0.39 is 12.5 Å². The van der Waals surface area contributed by atoms with Crippen LogP contribution in [0.1, 0.15) is 23.0 Å². The first kappa shape index (κ1) is 11.6. The molecule has 0 heterocycles. The van der Waals surface area contributed by atoms with Gasteiger partial charge < -0.3 is 14.2 Å². The van der Waals surface area contributed by atoms with Crippen molar-refractivity contribution in [2.75, 3.05) is 20.3 Å². The van der Waals surface area contributed by atoms with Gasteiger partial charge in [-0.2, -0.15) is 0 Å². The van der Waals surface area contributed by atoms with Crippen LogP contribution in [-0.2, 0) is 19.0 Å². The first-order chi connectivity index (χ1) is 8.80. The molecule has 0 spiro atoms. The van der Waals surface area contributed by atoms with E-state index in [0.717, 1.165) is 12.2 Å². The number of carbonyl (C=O) groups is 1. The molecule has 0 radical (unpaired) electrons. The van der Waals surface area contributed by atoms with Crippen LogP contribution in [0.25, 0.3) is 0 Å². The van der Waals surface area contributed by atoms with Crippen LogP contribution >= 0.6 is 0 Å². The fourth-order valence-electron chi connectivity index (χ4n) is 0.772. The van der Waals surface area contributed by atoms with Crippen molar-refractivity contribution in [1.29, 1.82) is 0 Å². The molecule has 94 valence electrons. The van der Waals surface area contributed by atoms with Gasteiger partial charge in [-0.25, -0.2) is 4.79 Å². The van der Waals surface area contributed by atoms with Crippen molar-refractivity contribution in [3.8, 4) is 12.3 Å². The standard InChI is InChI=1S/C13H18O4/c1-5-6-8-16-11(2)7-9-17-12(3)10-13(14)15-4/h1,7,10H,6,8-9H2,2-4H3/b11-7+,12-10+/i9D2. The lowest BCUT2D eigenvalue weighted by Crippen LogP contribution is -1.99. The minimum atomic E-state index is -2.09. The molecular weight excluding hydrogens is 220 g/mol. The number of rotatable bonds is 7. The van der Waals surface area contributed by atoms with Crippen LogP contribution in [0.4, 0.5) is 0 Å². The van der Waals surface area contributed by atoms with Crippen molar-refractivity contribution in [2.24, 2.45) is 0 Å². The molecule has 0 aliphatic heterocycles. The monoisotopic (exact) mass is 240 g/mol. The number of methoxy groups -OCH3 is 1. The third-order valence-electron chi connectivity index (χ3n) is 1.58. The Labute approximate surface area is 105 Å². The van der Waals surface area contributed by atoms with E-state index in [4.69, 9.17) is 18.6 Å². The van der Waals surface area contributed by atoms with Crippen LogP contribution in [-0.4, -0.2) is 26.2 Å². The molecule has 0 aromatic rings. The summed E-state index contributed by atoms with van der Waals surface area (Å²) in [6.45, 7) is 1.27. The predicted octanol–water partition coefficient (Wildman–Crippen LogP) is 2.02. The number of hydrogen-bond acceptors (Lipinski definition) is 4. The summed E-state index contributed by atoms with van der Waals surface area (Å²) in [6, 6.07) is 0. The maximum atomic E-state index is 10.9. The van der Waals surface area contributed by atoms with Gasteiger partial charge in [-0.15, -0.1) is 12.3 Å². The highest BCUT2D eigenvalue weighted by molar-refractivity contribution is 5.82. The van der Waals surface area contributed by atoms with Crippen molar-refractivity contribution in [2.45, 2.75) is 20.3 Å². The summed E-state index contributed by atoms with van der Waals surface area (Å²) in [6.07, 6.45) is 7.73. The number of hydrogen-bond donors (Lipinski definition) is 0. The lowest BCUT2D eigenvalue weighted by molar-refractivity contribution is -0.135. The van der Waals surface area contributed by atoms with E-state index in [1.165, 1.54) is 14.0 Å². The molecule has 0 fully saturated rings. The third kappa shape index (κ3) is 9.06. The number of esters is 1. The van der Waals surface area contributed by atoms with Crippen molar-refractivity contribution in [3.05, 3.63) is 23.7 Å². The second-order valence-corrected chi connectivity index (χ2v) is 3.06. The minimum absolute atomic E-state index is 0.101. The summed E-state index contributed by atoms with van der Waals surface area (Å²) in [4.78, 5) is 10.9. The molecule has 0 bridgehead atoms. The molecule has 0 amide bonds. The summed E-state index contributed by atoms with van der Waals surface area (Å²) in [5, 5.41) is 0. The van der Waals surface area contributed by atoms with Crippen LogP contribution in [0.3, 0.4) is 0 Å². The molecule has 0 aromatic heterocycles. The lowest BCUT2D eigenvalue weighted by atomic mass is 10.4. The Morgan fingerprint density at radius 2 is 2.12 bits per heavy atom. The highest BCUT2D eigenvalue weighted by Crippen LogP contribution is 2.00. The zero-order valence-electron chi connectivity index (χ0n) is 12.3. The lowest BCUT2D eigenvalue weighted by Gasteiger charge is -2.06.